The highest BCUT2D eigenvalue weighted by Gasteiger charge is 2.18. The van der Waals surface area contributed by atoms with Crippen molar-refractivity contribution in [2.45, 2.75) is 6.92 Å². The fourth-order valence-corrected chi connectivity index (χ4v) is 2.64. The van der Waals surface area contributed by atoms with Gasteiger partial charge in [-0.05, 0) is 12.1 Å². The zero-order valence-corrected chi connectivity index (χ0v) is 13.9. The number of nitrogens with zero attached hydrogens (tertiary/aromatic N) is 3. The molecular weight excluding hydrogens is 306 g/mol. The number of hydrogen-bond acceptors (Lipinski definition) is 7. The number of benzene rings is 1. The minimum Gasteiger partial charge on any atom is -0.493 e. The van der Waals surface area contributed by atoms with Crippen molar-refractivity contribution >= 4 is 22.4 Å². The van der Waals surface area contributed by atoms with E-state index in [2.05, 4.69) is 10.2 Å². The van der Waals surface area contributed by atoms with Gasteiger partial charge in [0.25, 0.3) is 0 Å². The molecule has 0 N–H and O–H groups in total. The largest absolute Gasteiger partial charge is 0.493 e. The monoisotopic (exact) mass is 323 g/mol. The lowest BCUT2D eigenvalue weighted by atomic mass is 10.2. The Bertz CT molecular complexity index is 661. The molecule has 7 nitrogen and oxygen atoms in total. The summed E-state index contributed by atoms with van der Waals surface area (Å²) in [5.41, 5.74) is 0.773. The average Bonchev–Trinajstić information content (AvgIpc) is 3.02. The van der Waals surface area contributed by atoms with Gasteiger partial charge in [-0.1, -0.05) is 11.3 Å². The van der Waals surface area contributed by atoms with E-state index in [-0.39, 0.29) is 5.91 Å². The number of anilines is 1. The maximum atomic E-state index is 11.4. The molecule has 0 saturated heterocycles. The van der Waals surface area contributed by atoms with Crippen molar-refractivity contribution in [1.82, 2.24) is 10.2 Å². The van der Waals surface area contributed by atoms with E-state index in [0.29, 0.717) is 27.4 Å². The lowest BCUT2D eigenvalue weighted by molar-refractivity contribution is -0.116. The fraction of sp³-hybridized carbons (Fsp3) is 0.357. The van der Waals surface area contributed by atoms with Gasteiger partial charge >= 0.3 is 0 Å². The highest BCUT2D eigenvalue weighted by atomic mass is 32.1. The second-order valence-electron chi connectivity index (χ2n) is 4.38. The van der Waals surface area contributed by atoms with Crippen LogP contribution in [0.2, 0.25) is 0 Å². The van der Waals surface area contributed by atoms with Crippen LogP contribution in [-0.2, 0) is 4.79 Å². The molecular formula is C14H17N3O4S. The first-order chi connectivity index (χ1) is 10.5. The summed E-state index contributed by atoms with van der Waals surface area (Å²) in [7, 11) is 6.30. The van der Waals surface area contributed by atoms with Gasteiger partial charge in [0.1, 0.15) is 5.01 Å². The summed E-state index contributed by atoms with van der Waals surface area (Å²) in [5, 5.41) is 9.33. The smallest absolute Gasteiger partial charge is 0.225 e. The first-order valence-corrected chi connectivity index (χ1v) is 7.21. The molecule has 22 heavy (non-hydrogen) atoms. The Balaban J connectivity index is 2.47. The minimum atomic E-state index is -0.104. The Morgan fingerprint density at radius 1 is 1.09 bits per heavy atom. The van der Waals surface area contributed by atoms with Crippen molar-refractivity contribution in [3.05, 3.63) is 12.1 Å². The molecule has 0 unspecified atom stereocenters. The molecule has 1 amide bonds. The van der Waals surface area contributed by atoms with Crippen molar-refractivity contribution in [1.29, 1.82) is 0 Å². The molecule has 0 radical (unpaired) electrons. The van der Waals surface area contributed by atoms with E-state index >= 15 is 0 Å². The third kappa shape index (κ3) is 2.96. The topological polar surface area (TPSA) is 73.8 Å². The molecule has 0 aliphatic heterocycles. The van der Waals surface area contributed by atoms with Crippen molar-refractivity contribution in [3.63, 3.8) is 0 Å². The molecule has 0 atom stereocenters. The minimum absolute atomic E-state index is 0.104. The first kappa shape index (κ1) is 16.0. The second-order valence-corrected chi connectivity index (χ2v) is 5.34. The van der Waals surface area contributed by atoms with Crippen LogP contribution >= 0.6 is 11.3 Å². The van der Waals surface area contributed by atoms with Crippen molar-refractivity contribution < 1.29 is 19.0 Å². The summed E-state index contributed by atoms with van der Waals surface area (Å²) < 4.78 is 15.9. The molecule has 0 aliphatic carbocycles. The SMILES string of the molecule is COc1cc(-c2nnc(N(C)C(C)=O)s2)cc(OC)c1OC. The lowest BCUT2D eigenvalue weighted by Gasteiger charge is -2.13. The van der Waals surface area contributed by atoms with Gasteiger partial charge in [-0.3, -0.25) is 9.69 Å². The quantitative estimate of drug-likeness (QED) is 0.840. The van der Waals surface area contributed by atoms with Crippen molar-refractivity contribution in [3.8, 4) is 27.8 Å². The number of carbonyl (C=O) groups is 1. The van der Waals surface area contributed by atoms with Crippen LogP contribution in [-0.4, -0.2) is 44.5 Å². The summed E-state index contributed by atoms with van der Waals surface area (Å²) in [6.07, 6.45) is 0. The summed E-state index contributed by atoms with van der Waals surface area (Å²) in [6, 6.07) is 3.58. The van der Waals surface area contributed by atoms with Gasteiger partial charge < -0.3 is 14.2 Å². The van der Waals surface area contributed by atoms with Crippen LogP contribution in [0.3, 0.4) is 0 Å². The number of methoxy groups -OCH3 is 3. The van der Waals surface area contributed by atoms with Crippen LogP contribution in [0.5, 0.6) is 17.2 Å². The Hall–Kier alpha value is -2.35. The molecule has 0 bridgehead atoms. The van der Waals surface area contributed by atoms with Gasteiger partial charge in [0.2, 0.25) is 16.8 Å². The highest BCUT2D eigenvalue weighted by Crippen LogP contribution is 2.42. The molecule has 118 valence electrons. The molecule has 1 aromatic heterocycles. The zero-order chi connectivity index (χ0) is 16.3. The fourth-order valence-electron chi connectivity index (χ4n) is 1.81. The lowest BCUT2D eigenvalue weighted by Crippen LogP contribution is -2.22. The van der Waals surface area contributed by atoms with Gasteiger partial charge in [-0.25, -0.2) is 0 Å². The van der Waals surface area contributed by atoms with E-state index in [1.54, 1.807) is 40.5 Å². The third-order valence-corrected chi connectivity index (χ3v) is 4.13. The van der Waals surface area contributed by atoms with E-state index in [4.69, 9.17) is 14.2 Å². The van der Waals surface area contributed by atoms with E-state index in [9.17, 15) is 4.79 Å². The number of hydrogen-bond donors (Lipinski definition) is 0. The Kier molecular flexibility index (Phi) is 4.81. The molecule has 0 saturated carbocycles. The van der Waals surface area contributed by atoms with Crippen molar-refractivity contribution in [2.24, 2.45) is 0 Å². The van der Waals surface area contributed by atoms with Crippen LogP contribution in [0.25, 0.3) is 10.6 Å². The molecule has 1 aromatic carbocycles. The van der Waals surface area contributed by atoms with E-state index in [1.807, 2.05) is 0 Å². The van der Waals surface area contributed by atoms with Gasteiger partial charge in [0, 0.05) is 19.5 Å². The van der Waals surface area contributed by atoms with Crippen LogP contribution < -0.4 is 19.1 Å². The van der Waals surface area contributed by atoms with E-state index in [1.165, 1.54) is 23.2 Å². The first-order valence-electron chi connectivity index (χ1n) is 6.40. The number of amides is 1. The zero-order valence-electron chi connectivity index (χ0n) is 13.0. The standard InChI is InChI=1S/C14H17N3O4S/c1-8(18)17(2)14-16-15-13(22-14)9-6-10(19-3)12(21-5)11(7-9)20-4/h6-7H,1-5H3. The summed E-state index contributed by atoms with van der Waals surface area (Å²) in [4.78, 5) is 12.8. The highest BCUT2D eigenvalue weighted by molar-refractivity contribution is 7.18. The molecule has 2 aromatic rings. The maximum absolute atomic E-state index is 11.4. The third-order valence-electron chi connectivity index (χ3n) is 3.09. The molecule has 2 rings (SSSR count). The van der Waals surface area contributed by atoms with Crippen molar-refractivity contribution in [2.75, 3.05) is 33.3 Å². The van der Waals surface area contributed by atoms with Crippen LogP contribution in [0, 0.1) is 0 Å². The van der Waals surface area contributed by atoms with Gasteiger partial charge in [-0.15, -0.1) is 10.2 Å². The Morgan fingerprint density at radius 2 is 1.68 bits per heavy atom. The van der Waals surface area contributed by atoms with Crippen LogP contribution in [0.4, 0.5) is 5.13 Å². The molecule has 1 heterocycles. The Labute approximate surface area is 132 Å². The number of carbonyl (C=O) groups excluding carboxylic acids is 1. The number of aromatic nitrogens is 2. The van der Waals surface area contributed by atoms with Crippen LogP contribution in [0.1, 0.15) is 6.92 Å². The Morgan fingerprint density at radius 3 is 2.14 bits per heavy atom. The second kappa shape index (κ2) is 6.61. The van der Waals surface area contributed by atoms with Gasteiger partial charge in [0.15, 0.2) is 11.5 Å². The van der Waals surface area contributed by atoms with E-state index in [0.717, 1.165) is 5.56 Å². The summed E-state index contributed by atoms with van der Waals surface area (Å²) in [6.45, 7) is 1.47. The summed E-state index contributed by atoms with van der Waals surface area (Å²) in [5.74, 6) is 1.48. The molecule has 8 heteroatoms. The number of rotatable bonds is 5. The van der Waals surface area contributed by atoms with Gasteiger partial charge in [0.05, 0.1) is 21.3 Å². The van der Waals surface area contributed by atoms with Gasteiger partial charge in [-0.2, -0.15) is 0 Å². The maximum Gasteiger partial charge on any atom is 0.225 e. The number of ether oxygens (including phenoxy) is 3. The molecule has 0 fully saturated rings. The normalized spacial score (nSPS) is 10.2. The summed E-state index contributed by atoms with van der Waals surface area (Å²) >= 11 is 1.31. The van der Waals surface area contributed by atoms with E-state index < -0.39 is 0 Å². The predicted octanol–water partition coefficient (Wildman–Crippen LogP) is 2.21. The average molecular weight is 323 g/mol. The van der Waals surface area contributed by atoms with Crippen LogP contribution in [0.15, 0.2) is 12.1 Å². The predicted molar refractivity (Wildman–Crippen MR) is 84.1 cm³/mol. The molecule has 0 spiro atoms. The molecule has 0 aliphatic rings.